The third kappa shape index (κ3) is 4.52. The van der Waals surface area contributed by atoms with E-state index in [0.717, 1.165) is 3.57 Å². The number of amides is 1. The summed E-state index contributed by atoms with van der Waals surface area (Å²) in [6.45, 7) is 0. The lowest BCUT2D eigenvalue weighted by Crippen LogP contribution is -2.11. The minimum absolute atomic E-state index is 0.227. The SMILES string of the molecule is O=C(Nc1nnc(SCc2ccccc2F)s1)c1cccc(I)c1. The van der Waals surface area contributed by atoms with Crippen LogP contribution in [0.15, 0.2) is 52.9 Å². The van der Waals surface area contributed by atoms with Crippen molar-refractivity contribution < 1.29 is 9.18 Å². The molecule has 0 saturated heterocycles. The molecule has 1 heterocycles. The highest BCUT2D eigenvalue weighted by Gasteiger charge is 2.11. The molecule has 0 aliphatic carbocycles. The molecular weight excluding hydrogens is 460 g/mol. The van der Waals surface area contributed by atoms with Crippen LogP contribution < -0.4 is 5.32 Å². The molecule has 0 aliphatic heterocycles. The fourth-order valence-corrected chi connectivity index (χ4v) is 4.15. The maximum atomic E-state index is 13.6. The van der Waals surface area contributed by atoms with Gasteiger partial charge in [-0.3, -0.25) is 10.1 Å². The minimum Gasteiger partial charge on any atom is -0.296 e. The van der Waals surface area contributed by atoms with Crippen LogP contribution in [0.2, 0.25) is 0 Å². The van der Waals surface area contributed by atoms with Gasteiger partial charge in [-0.1, -0.05) is 47.4 Å². The number of aromatic nitrogens is 2. The topological polar surface area (TPSA) is 54.9 Å². The van der Waals surface area contributed by atoms with E-state index in [1.165, 1.54) is 29.2 Å². The van der Waals surface area contributed by atoms with Crippen molar-refractivity contribution in [3.8, 4) is 0 Å². The van der Waals surface area contributed by atoms with Gasteiger partial charge in [-0.25, -0.2) is 4.39 Å². The molecule has 1 aromatic heterocycles. The number of halogens is 2. The molecule has 3 aromatic rings. The second kappa shape index (κ2) is 8.04. The first-order chi connectivity index (χ1) is 11.6. The number of carbonyl (C=O) groups excluding carboxylic acids is 1. The van der Waals surface area contributed by atoms with Gasteiger partial charge in [0.05, 0.1) is 0 Å². The largest absolute Gasteiger partial charge is 0.296 e. The number of nitrogens with one attached hydrogen (secondary N) is 1. The average Bonchev–Trinajstić information content (AvgIpc) is 3.01. The van der Waals surface area contributed by atoms with Gasteiger partial charge in [0.2, 0.25) is 5.13 Å². The molecule has 0 fully saturated rings. The molecule has 1 amide bonds. The molecule has 1 N–H and O–H groups in total. The number of thioether (sulfide) groups is 1. The number of benzene rings is 2. The zero-order chi connectivity index (χ0) is 16.9. The van der Waals surface area contributed by atoms with Crippen LogP contribution in [0.1, 0.15) is 15.9 Å². The lowest BCUT2D eigenvalue weighted by molar-refractivity contribution is 0.102. The Kier molecular flexibility index (Phi) is 5.80. The van der Waals surface area contributed by atoms with Gasteiger partial charge in [0, 0.05) is 14.9 Å². The first kappa shape index (κ1) is 17.3. The second-order valence-electron chi connectivity index (χ2n) is 4.72. The summed E-state index contributed by atoms with van der Waals surface area (Å²) in [5.41, 5.74) is 1.18. The number of anilines is 1. The Labute approximate surface area is 160 Å². The van der Waals surface area contributed by atoms with E-state index in [-0.39, 0.29) is 11.7 Å². The van der Waals surface area contributed by atoms with E-state index in [9.17, 15) is 9.18 Å². The summed E-state index contributed by atoms with van der Waals surface area (Å²) in [4.78, 5) is 12.2. The molecule has 0 bridgehead atoms. The van der Waals surface area contributed by atoms with E-state index in [1.807, 2.05) is 12.1 Å². The molecule has 0 unspecified atom stereocenters. The Bertz CT molecular complexity index is 872. The van der Waals surface area contributed by atoms with Gasteiger partial charge >= 0.3 is 0 Å². The summed E-state index contributed by atoms with van der Waals surface area (Å²) in [5.74, 6) is 0.00335. The highest BCUT2D eigenvalue weighted by atomic mass is 127. The first-order valence-electron chi connectivity index (χ1n) is 6.88. The Hall–Kier alpha value is -1.52. The first-order valence-corrected chi connectivity index (χ1v) is 9.76. The molecule has 0 saturated carbocycles. The van der Waals surface area contributed by atoms with Crippen molar-refractivity contribution in [3.05, 3.63) is 69.0 Å². The van der Waals surface area contributed by atoms with Crippen LogP contribution in [0.3, 0.4) is 0 Å². The monoisotopic (exact) mass is 471 g/mol. The second-order valence-corrected chi connectivity index (χ2v) is 8.16. The molecule has 2 aromatic carbocycles. The smallest absolute Gasteiger partial charge is 0.257 e. The maximum Gasteiger partial charge on any atom is 0.257 e. The highest BCUT2D eigenvalue weighted by molar-refractivity contribution is 14.1. The van der Waals surface area contributed by atoms with Gasteiger partial charge in [0.15, 0.2) is 4.34 Å². The third-order valence-corrected chi connectivity index (χ3v) is 5.71. The number of hydrogen-bond acceptors (Lipinski definition) is 5. The Balaban J connectivity index is 1.61. The predicted octanol–water partition coefficient (Wildman–Crippen LogP) is 4.83. The molecule has 122 valence electrons. The van der Waals surface area contributed by atoms with E-state index in [4.69, 9.17) is 0 Å². The van der Waals surface area contributed by atoms with Crippen LogP contribution in [-0.2, 0) is 5.75 Å². The van der Waals surface area contributed by atoms with Gasteiger partial charge in [-0.05, 0) is 52.4 Å². The summed E-state index contributed by atoms with van der Waals surface area (Å²) >= 11 is 4.81. The Morgan fingerprint density at radius 3 is 2.83 bits per heavy atom. The third-order valence-electron chi connectivity index (χ3n) is 3.02. The van der Waals surface area contributed by atoms with Crippen LogP contribution in [0, 0.1) is 9.39 Å². The molecule has 0 atom stereocenters. The van der Waals surface area contributed by atoms with E-state index < -0.39 is 0 Å². The van der Waals surface area contributed by atoms with E-state index in [2.05, 4.69) is 38.1 Å². The van der Waals surface area contributed by atoms with Gasteiger partial charge in [-0.15, -0.1) is 10.2 Å². The van der Waals surface area contributed by atoms with Crippen LogP contribution in [0.5, 0.6) is 0 Å². The molecule has 8 heteroatoms. The maximum absolute atomic E-state index is 13.6. The fraction of sp³-hybridized carbons (Fsp3) is 0.0625. The standard InChI is InChI=1S/C16H11FIN3OS2/c17-13-7-2-1-4-11(13)9-23-16-21-20-15(24-16)19-14(22)10-5-3-6-12(18)8-10/h1-8H,9H2,(H,19,20,22). The van der Waals surface area contributed by atoms with Gasteiger partial charge in [0.25, 0.3) is 5.91 Å². The van der Waals surface area contributed by atoms with Gasteiger partial charge in [-0.2, -0.15) is 0 Å². The summed E-state index contributed by atoms with van der Waals surface area (Å²) < 4.78 is 15.2. The van der Waals surface area contributed by atoms with E-state index in [1.54, 1.807) is 30.3 Å². The lowest BCUT2D eigenvalue weighted by Gasteiger charge is -2.01. The predicted molar refractivity (Wildman–Crippen MR) is 103 cm³/mol. The van der Waals surface area contributed by atoms with Crippen molar-refractivity contribution in [2.24, 2.45) is 0 Å². The summed E-state index contributed by atoms with van der Waals surface area (Å²) in [6.07, 6.45) is 0. The Morgan fingerprint density at radius 1 is 1.21 bits per heavy atom. The molecule has 0 aliphatic rings. The van der Waals surface area contributed by atoms with E-state index >= 15 is 0 Å². The van der Waals surface area contributed by atoms with Crippen molar-refractivity contribution in [2.45, 2.75) is 10.1 Å². The fourth-order valence-electron chi connectivity index (χ4n) is 1.87. The average molecular weight is 471 g/mol. The quantitative estimate of drug-likeness (QED) is 0.329. The molecular formula is C16H11FIN3OS2. The highest BCUT2D eigenvalue weighted by Crippen LogP contribution is 2.29. The van der Waals surface area contributed by atoms with Crippen molar-refractivity contribution in [2.75, 3.05) is 5.32 Å². The van der Waals surface area contributed by atoms with Crippen molar-refractivity contribution >= 4 is 56.7 Å². The normalized spacial score (nSPS) is 10.6. The number of hydrogen-bond donors (Lipinski definition) is 1. The minimum atomic E-state index is -0.235. The number of carbonyl (C=O) groups is 1. The molecule has 3 rings (SSSR count). The van der Waals surface area contributed by atoms with Crippen LogP contribution >= 0.6 is 45.7 Å². The van der Waals surface area contributed by atoms with Crippen LogP contribution in [-0.4, -0.2) is 16.1 Å². The van der Waals surface area contributed by atoms with E-state index in [0.29, 0.717) is 26.4 Å². The van der Waals surface area contributed by atoms with Crippen molar-refractivity contribution in [3.63, 3.8) is 0 Å². The number of nitrogens with zero attached hydrogens (tertiary/aromatic N) is 2. The van der Waals surface area contributed by atoms with Crippen LogP contribution in [0.25, 0.3) is 0 Å². The summed E-state index contributed by atoms with van der Waals surface area (Å²) in [7, 11) is 0. The van der Waals surface area contributed by atoms with Gasteiger partial charge < -0.3 is 0 Å². The lowest BCUT2D eigenvalue weighted by atomic mass is 10.2. The molecule has 0 spiro atoms. The van der Waals surface area contributed by atoms with Crippen molar-refractivity contribution in [1.82, 2.24) is 10.2 Å². The zero-order valence-electron chi connectivity index (χ0n) is 12.2. The van der Waals surface area contributed by atoms with Gasteiger partial charge in [0.1, 0.15) is 5.82 Å². The summed E-state index contributed by atoms with van der Waals surface area (Å²) in [6, 6.07) is 13.9. The van der Waals surface area contributed by atoms with Crippen LogP contribution in [0.4, 0.5) is 9.52 Å². The number of rotatable bonds is 5. The Morgan fingerprint density at radius 2 is 2.04 bits per heavy atom. The molecule has 4 nitrogen and oxygen atoms in total. The van der Waals surface area contributed by atoms with Crippen molar-refractivity contribution in [1.29, 1.82) is 0 Å². The molecule has 24 heavy (non-hydrogen) atoms. The summed E-state index contributed by atoms with van der Waals surface area (Å²) in [5, 5.41) is 11.1. The zero-order valence-corrected chi connectivity index (χ0v) is 16.0. The molecule has 0 radical (unpaired) electrons.